The van der Waals surface area contributed by atoms with Crippen molar-refractivity contribution >= 4 is 5.97 Å². The highest BCUT2D eigenvalue weighted by Crippen LogP contribution is 1.61. The van der Waals surface area contributed by atoms with E-state index < -0.39 is 5.97 Å². The number of aliphatic carboxylic acids is 1. The summed E-state index contributed by atoms with van der Waals surface area (Å²) in [7, 11) is 0. The number of rotatable bonds is 2. The van der Waals surface area contributed by atoms with Crippen LogP contribution < -0.4 is 0 Å². The third-order valence-corrected chi connectivity index (χ3v) is 0.398. The van der Waals surface area contributed by atoms with Gasteiger partial charge in [0.05, 0.1) is 0 Å². The quantitative estimate of drug-likeness (QED) is 0.542. The summed E-state index contributed by atoms with van der Waals surface area (Å²) in [5, 5.41) is 15.5. The normalized spacial score (nSPS) is 6.89. The second-order valence-electron chi connectivity index (χ2n) is 1.27. The van der Waals surface area contributed by atoms with Crippen molar-refractivity contribution in [2.45, 2.75) is 13.3 Å². The minimum Gasteiger partial charge on any atom is -0.478 e. The van der Waals surface area contributed by atoms with Crippen molar-refractivity contribution in [1.29, 1.82) is 0 Å². The van der Waals surface area contributed by atoms with Crippen LogP contribution in [0, 0.1) is 0 Å². The van der Waals surface area contributed by atoms with Gasteiger partial charge >= 0.3 is 5.97 Å². The molecule has 0 fully saturated rings. The van der Waals surface area contributed by atoms with E-state index in [2.05, 4.69) is 6.58 Å². The lowest BCUT2D eigenvalue weighted by atomic mass is 10.5. The van der Waals surface area contributed by atoms with E-state index in [9.17, 15) is 4.79 Å². The molecular formula is C6H12O3. The predicted octanol–water partition coefficient (Wildman–Crippen LogP) is 0.646. The first-order valence-corrected chi connectivity index (χ1v) is 2.65. The van der Waals surface area contributed by atoms with Crippen molar-refractivity contribution in [3.8, 4) is 0 Å². The molecule has 3 nitrogen and oxygen atoms in total. The lowest BCUT2D eigenvalue weighted by molar-refractivity contribution is -0.131. The molecule has 0 aliphatic heterocycles. The van der Waals surface area contributed by atoms with Crippen LogP contribution in [0.1, 0.15) is 13.3 Å². The molecule has 0 radical (unpaired) electrons. The molecule has 0 spiro atoms. The fourth-order valence-corrected chi connectivity index (χ4v) is 0. The van der Waals surface area contributed by atoms with E-state index in [1.807, 2.05) is 6.92 Å². The Labute approximate surface area is 54.6 Å². The van der Waals surface area contributed by atoms with E-state index in [-0.39, 0.29) is 0 Å². The van der Waals surface area contributed by atoms with Gasteiger partial charge in [0.15, 0.2) is 0 Å². The summed E-state index contributed by atoms with van der Waals surface area (Å²) in [6.45, 7) is 5.21. The van der Waals surface area contributed by atoms with Gasteiger partial charge in [0.1, 0.15) is 0 Å². The highest BCUT2D eigenvalue weighted by atomic mass is 16.4. The van der Waals surface area contributed by atoms with Gasteiger partial charge in [0, 0.05) is 12.7 Å². The largest absolute Gasteiger partial charge is 0.478 e. The average Bonchev–Trinajstić information content (AvgIpc) is 1.89. The summed E-state index contributed by atoms with van der Waals surface area (Å²) in [4.78, 5) is 9.25. The molecule has 0 rings (SSSR count). The Morgan fingerprint density at radius 3 is 2.00 bits per heavy atom. The summed E-state index contributed by atoms with van der Waals surface area (Å²) in [6, 6.07) is 0. The molecule has 0 heterocycles. The molecule has 0 atom stereocenters. The number of carboxylic acids is 1. The van der Waals surface area contributed by atoms with Crippen LogP contribution in [0.5, 0.6) is 0 Å². The van der Waals surface area contributed by atoms with Gasteiger partial charge in [-0.05, 0) is 6.42 Å². The Balaban J connectivity index is 0. The summed E-state index contributed by atoms with van der Waals surface area (Å²) >= 11 is 0. The molecule has 0 aromatic carbocycles. The van der Waals surface area contributed by atoms with E-state index in [4.69, 9.17) is 10.2 Å². The van der Waals surface area contributed by atoms with Gasteiger partial charge in [-0.25, -0.2) is 4.79 Å². The van der Waals surface area contributed by atoms with Gasteiger partial charge in [0.25, 0.3) is 0 Å². The van der Waals surface area contributed by atoms with Crippen molar-refractivity contribution in [3.05, 3.63) is 12.7 Å². The van der Waals surface area contributed by atoms with Crippen LogP contribution in [0.3, 0.4) is 0 Å². The lowest BCUT2D eigenvalue weighted by Crippen LogP contribution is -1.82. The SMILES string of the molecule is C=CC(=O)O.CCCO. The van der Waals surface area contributed by atoms with Gasteiger partial charge in [-0.2, -0.15) is 0 Å². The molecule has 0 amide bonds. The van der Waals surface area contributed by atoms with Crippen molar-refractivity contribution < 1.29 is 15.0 Å². The second kappa shape index (κ2) is 10.2. The van der Waals surface area contributed by atoms with Gasteiger partial charge in [-0.3, -0.25) is 0 Å². The molecule has 0 unspecified atom stereocenters. The molecule has 0 bridgehead atoms. The minimum atomic E-state index is -0.981. The van der Waals surface area contributed by atoms with Crippen LogP contribution in [0.4, 0.5) is 0 Å². The average molecular weight is 132 g/mol. The monoisotopic (exact) mass is 132 g/mol. The molecule has 3 heteroatoms. The number of aliphatic hydroxyl groups is 1. The Morgan fingerprint density at radius 2 is 2.00 bits per heavy atom. The zero-order chi connectivity index (χ0) is 7.70. The first-order valence-electron chi connectivity index (χ1n) is 2.65. The zero-order valence-electron chi connectivity index (χ0n) is 5.50. The van der Waals surface area contributed by atoms with E-state index >= 15 is 0 Å². The summed E-state index contributed by atoms with van der Waals surface area (Å²) < 4.78 is 0. The Hall–Kier alpha value is -0.830. The van der Waals surface area contributed by atoms with E-state index in [0.29, 0.717) is 6.61 Å². The van der Waals surface area contributed by atoms with Gasteiger partial charge in [-0.15, -0.1) is 0 Å². The first-order chi connectivity index (χ1) is 4.18. The van der Waals surface area contributed by atoms with Gasteiger partial charge < -0.3 is 10.2 Å². The molecule has 0 saturated carbocycles. The zero-order valence-corrected chi connectivity index (χ0v) is 5.50. The summed E-state index contributed by atoms with van der Waals surface area (Å²) in [5.41, 5.74) is 0. The molecule has 54 valence electrons. The molecule has 0 aliphatic carbocycles. The Morgan fingerprint density at radius 1 is 1.78 bits per heavy atom. The molecule has 0 aromatic heterocycles. The van der Waals surface area contributed by atoms with Crippen LogP contribution in [0.2, 0.25) is 0 Å². The number of carboxylic acid groups (broad SMARTS) is 1. The summed E-state index contributed by atoms with van der Waals surface area (Å²) in [5.74, 6) is -0.981. The van der Waals surface area contributed by atoms with Crippen LogP contribution in [-0.2, 0) is 4.79 Å². The van der Waals surface area contributed by atoms with Crippen molar-refractivity contribution in [2.75, 3.05) is 6.61 Å². The lowest BCUT2D eigenvalue weighted by Gasteiger charge is -1.69. The van der Waals surface area contributed by atoms with Crippen molar-refractivity contribution in [3.63, 3.8) is 0 Å². The number of hydrogen-bond acceptors (Lipinski definition) is 2. The molecule has 2 N–H and O–H groups in total. The molecule has 0 aliphatic rings. The smallest absolute Gasteiger partial charge is 0.327 e. The molecular weight excluding hydrogens is 120 g/mol. The van der Waals surface area contributed by atoms with Crippen LogP contribution in [-0.4, -0.2) is 22.8 Å². The third kappa shape index (κ3) is 40.7. The van der Waals surface area contributed by atoms with Gasteiger partial charge in [0.2, 0.25) is 0 Å². The molecule has 0 aromatic rings. The number of aliphatic hydroxyl groups excluding tert-OH is 1. The molecule has 9 heavy (non-hydrogen) atoms. The standard InChI is InChI=1S/C3H4O2.C3H8O/c1-2-3(4)5;1-2-3-4/h2H,1H2,(H,4,5);4H,2-3H2,1H3. The topological polar surface area (TPSA) is 57.5 Å². The van der Waals surface area contributed by atoms with E-state index in [0.717, 1.165) is 12.5 Å². The van der Waals surface area contributed by atoms with E-state index in [1.54, 1.807) is 0 Å². The number of hydrogen-bond donors (Lipinski definition) is 2. The predicted molar refractivity (Wildman–Crippen MR) is 35.2 cm³/mol. The summed E-state index contributed by atoms with van der Waals surface area (Å²) in [6.07, 6.45) is 1.71. The third-order valence-electron chi connectivity index (χ3n) is 0.398. The minimum absolute atomic E-state index is 0.319. The highest BCUT2D eigenvalue weighted by Gasteiger charge is 1.73. The van der Waals surface area contributed by atoms with Crippen LogP contribution >= 0.6 is 0 Å². The van der Waals surface area contributed by atoms with Gasteiger partial charge in [-0.1, -0.05) is 13.5 Å². The number of carbonyl (C=O) groups is 1. The second-order valence-corrected chi connectivity index (χ2v) is 1.27. The fourth-order valence-electron chi connectivity index (χ4n) is 0. The maximum absolute atomic E-state index is 9.25. The fraction of sp³-hybridized carbons (Fsp3) is 0.500. The maximum Gasteiger partial charge on any atom is 0.327 e. The van der Waals surface area contributed by atoms with Crippen molar-refractivity contribution in [1.82, 2.24) is 0 Å². The van der Waals surface area contributed by atoms with Crippen LogP contribution in [0.15, 0.2) is 12.7 Å². The van der Waals surface area contributed by atoms with E-state index in [1.165, 1.54) is 0 Å². The Bertz CT molecular complexity index is 76.4. The Kier molecular flexibility index (Phi) is 12.5. The molecule has 0 saturated heterocycles. The van der Waals surface area contributed by atoms with Crippen molar-refractivity contribution in [2.24, 2.45) is 0 Å². The first kappa shape index (κ1) is 11.0. The highest BCUT2D eigenvalue weighted by molar-refractivity contribution is 5.78. The van der Waals surface area contributed by atoms with Crippen LogP contribution in [0.25, 0.3) is 0 Å². The maximum atomic E-state index is 9.25.